The summed E-state index contributed by atoms with van der Waals surface area (Å²) >= 11 is 3.19. The van der Waals surface area contributed by atoms with Gasteiger partial charge in [0.1, 0.15) is 0 Å². The van der Waals surface area contributed by atoms with Crippen molar-refractivity contribution in [2.24, 2.45) is 5.73 Å². The van der Waals surface area contributed by atoms with E-state index in [1.807, 2.05) is 0 Å². The van der Waals surface area contributed by atoms with E-state index in [1.54, 1.807) is 13.0 Å². The quantitative estimate of drug-likeness (QED) is 0.806. The molecule has 0 bridgehead atoms. The van der Waals surface area contributed by atoms with Crippen molar-refractivity contribution in [1.82, 2.24) is 4.98 Å². The lowest BCUT2D eigenvalue weighted by atomic mass is 9.96. The molecule has 3 N–H and O–H groups in total. The lowest BCUT2D eigenvalue weighted by molar-refractivity contribution is 0.207. The zero-order valence-electron chi connectivity index (χ0n) is 7.80. The molecular weight excluding hydrogens is 251 g/mol. The van der Waals surface area contributed by atoms with E-state index in [1.165, 1.54) is 6.20 Å². The summed E-state index contributed by atoms with van der Waals surface area (Å²) in [6, 6.07) is 1.61. The number of aliphatic hydroxyl groups excluding tert-OH is 1. The average molecular weight is 263 g/mol. The number of nitrogens with two attached hydrogens (primary N) is 1. The van der Waals surface area contributed by atoms with E-state index in [-0.39, 0.29) is 13.0 Å². The molecule has 0 aliphatic carbocycles. The van der Waals surface area contributed by atoms with Crippen LogP contribution in [0.4, 0.5) is 4.39 Å². The Morgan fingerprint density at radius 3 is 2.93 bits per heavy atom. The van der Waals surface area contributed by atoms with Crippen LogP contribution in [0.15, 0.2) is 16.7 Å². The number of rotatable bonds is 3. The maximum atomic E-state index is 13.2. The minimum atomic E-state index is -0.816. The molecule has 3 nitrogen and oxygen atoms in total. The fourth-order valence-electron chi connectivity index (χ4n) is 1.08. The molecule has 0 radical (unpaired) electrons. The molecular formula is C9H12BrFN2O. The Morgan fingerprint density at radius 1 is 1.71 bits per heavy atom. The molecule has 1 aromatic heterocycles. The fraction of sp³-hybridized carbons (Fsp3) is 0.444. The van der Waals surface area contributed by atoms with Gasteiger partial charge < -0.3 is 10.8 Å². The van der Waals surface area contributed by atoms with Crippen molar-refractivity contribution in [2.75, 3.05) is 6.61 Å². The number of aromatic nitrogens is 1. The highest BCUT2D eigenvalue weighted by Gasteiger charge is 2.20. The number of aliphatic hydroxyl groups is 1. The summed E-state index contributed by atoms with van der Waals surface area (Å²) in [7, 11) is 0. The van der Waals surface area contributed by atoms with Crippen molar-refractivity contribution in [2.45, 2.75) is 18.9 Å². The Labute approximate surface area is 90.3 Å². The third kappa shape index (κ3) is 3.01. The Morgan fingerprint density at radius 2 is 2.36 bits per heavy atom. The molecule has 0 spiro atoms. The van der Waals surface area contributed by atoms with E-state index in [4.69, 9.17) is 10.8 Å². The first-order valence-corrected chi connectivity index (χ1v) is 4.93. The van der Waals surface area contributed by atoms with Crippen molar-refractivity contribution >= 4 is 15.9 Å². The van der Waals surface area contributed by atoms with Gasteiger partial charge in [-0.3, -0.25) is 0 Å². The van der Waals surface area contributed by atoms with Crippen molar-refractivity contribution in [3.8, 4) is 0 Å². The van der Waals surface area contributed by atoms with Crippen molar-refractivity contribution in [3.63, 3.8) is 0 Å². The van der Waals surface area contributed by atoms with Crippen LogP contribution >= 0.6 is 15.9 Å². The van der Waals surface area contributed by atoms with E-state index in [0.717, 1.165) is 0 Å². The number of hydrogen-bond donors (Lipinski definition) is 2. The molecule has 0 aliphatic rings. The van der Waals surface area contributed by atoms with Crippen molar-refractivity contribution in [1.29, 1.82) is 0 Å². The summed E-state index contributed by atoms with van der Waals surface area (Å²) in [5.74, 6) is -0.543. The second kappa shape index (κ2) is 4.33. The first-order valence-electron chi connectivity index (χ1n) is 4.14. The summed E-state index contributed by atoms with van der Waals surface area (Å²) in [5.41, 5.74) is 5.29. The van der Waals surface area contributed by atoms with Gasteiger partial charge in [0.15, 0.2) is 0 Å². The maximum absolute atomic E-state index is 13.2. The zero-order valence-corrected chi connectivity index (χ0v) is 9.38. The van der Waals surface area contributed by atoms with Crippen LogP contribution < -0.4 is 5.73 Å². The zero-order chi connectivity index (χ0) is 10.8. The van der Waals surface area contributed by atoms with Gasteiger partial charge in [-0.15, -0.1) is 0 Å². The summed E-state index contributed by atoms with van der Waals surface area (Å²) in [6.07, 6.45) is 1.63. The molecule has 0 aromatic carbocycles. The van der Waals surface area contributed by atoms with E-state index < -0.39 is 11.5 Å². The summed E-state index contributed by atoms with van der Waals surface area (Å²) < 4.78 is 13.9. The van der Waals surface area contributed by atoms with E-state index in [2.05, 4.69) is 20.9 Å². The summed E-state index contributed by atoms with van der Waals surface area (Å²) in [4.78, 5) is 3.55. The van der Waals surface area contributed by atoms with Crippen LogP contribution in [0.25, 0.3) is 0 Å². The minimum Gasteiger partial charge on any atom is -0.394 e. The number of nitrogens with zero attached hydrogens (tertiary/aromatic N) is 1. The highest BCUT2D eigenvalue weighted by Crippen LogP contribution is 2.17. The van der Waals surface area contributed by atoms with Crippen LogP contribution in [0.3, 0.4) is 0 Å². The van der Waals surface area contributed by atoms with E-state index in [9.17, 15) is 4.39 Å². The van der Waals surface area contributed by atoms with Crippen LogP contribution in [0, 0.1) is 5.95 Å². The summed E-state index contributed by atoms with van der Waals surface area (Å²) in [6.45, 7) is 1.46. The summed E-state index contributed by atoms with van der Waals surface area (Å²) in [5, 5.41) is 8.94. The third-order valence-corrected chi connectivity index (χ3v) is 2.27. The molecule has 0 amide bonds. The van der Waals surface area contributed by atoms with Gasteiger partial charge in [-0.05, 0) is 35.3 Å². The van der Waals surface area contributed by atoms with E-state index >= 15 is 0 Å². The molecule has 78 valence electrons. The highest BCUT2D eigenvalue weighted by atomic mass is 79.9. The van der Waals surface area contributed by atoms with Gasteiger partial charge in [-0.2, -0.15) is 4.39 Å². The fourth-order valence-corrected chi connectivity index (χ4v) is 1.46. The van der Waals surface area contributed by atoms with Gasteiger partial charge in [0.2, 0.25) is 5.95 Å². The van der Waals surface area contributed by atoms with Crippen molar-refractivity contribution in [3.05, 3.63) is 28.2 Å². The Bertz CT molecular complexity index is 331. The Kier molecular flexibility index (Phi) is 3.58. The van der Waals surface area contributed by atoms with Crippen molar-refractivity contribution < 1.29 is 9.50 Å². The maximum Gasteiger partial charge on any atom is 0.216 e. The first-order chi connectivity index (χ1) is 6.44. The lowest BCUT2D eigenvalue weighted by Gasteiger charge is -2.21. The van der Waals surface area contributed by atoms with Crippen LogP contribution in [0.1, 0.15) is 12.5 Å². The molecule has 1 atom stereocenters. The van der Waals surface area contributed by atoms with Gasteiger partial charge in [0.25, 0.3) is 0 Å². The molecule has 1 heterocycles. The largest absolute Gasteiger partial charge is 0.394 e. The van der Waals surface area contributed by atoms with Gasteiger partial charge in [-0.25, -0.2) is 4.98 Å². The van der Waals surface area contributed by atoms with Crippen LogP contribution in [-0.2, 0) is 6.42 Å². The molecule has 14 heavy (non-hydrogen) atoms. The molecule has 1 rings (SSSR count). The molecule has 0 fully saturated rings. The topological polar surface area (TPSA) is 59.1 Å². The minimum absolute atomic E-state index is 0.195. The van der Waals surface area contributed by atoms with Gasteiger partial charge >= 0.3 is 0 Å². The average Bonchev–Trinajstić information content (AvgIpc) is 2.11. The number of halogens is 2. The predicted octanol–water partition coefficient (Wildman–Crippen LogP) is 1.24. The molecule has 0 saturated carbocycles. The number of hydrogen-bond acceptors (Lipinski definition) is 3. The highest BCUT2D eigenvalue weighted by molar-refractivity contribution is 9.10. The standard InChI is InChI=1S/C9H12BrFN2O/c1-9(12,5-14)3-6-2-7(10)4-13-8(6)11/h2,4,14H,3,5,12H2,1H3. The SMILES string of the molecule is CC(N)(CO)Cc1cc(Br)cnc1F. The smallest absolute Gasteiger partial charge is 0.216 e. The predicted molar refractivity (Wildman–Crippen MR) is 55.3 cm³/mol. The van der Waals surface area contributed by atoms with Crippen LogP contribution in [0.2, 0.25) is 0 Å². The first kappa shape index (κ1) is 11.6. The number of pyridine rings is 1. The monoisotopic (exact) mass is 262 g/mol. The van der Waals surface area contributed by atoms with Gasteiger partial charge in [0, 0.05) is 21.8 Å². The molecule has 1 unspecified atom stereocenters. The second-order valence-corrected chi connectivity index (χ2v) is 4.51. The third-order valence-electron chi connectivity index (χ3n) is 1.83. The van der Waals surface area contributed by atoms with Crippen LogP contribution in [-0.4, -0.2) is 22.2 Å². The molecule has 0 saturated heterocycles. The molecule has 1 aromatic rings. The van der Waals surface area contributed by atoms with E-state index in [0.29, 0.717) is 10.0 Å². The Balaban J connectivity index is 2.91. The molecule has 0 aliphatic heterocycles. The van der Waals surface area contributed by atoms with Crippen LogP contribution in [0.5, 0.6) is 0 Å². The van der Waals surface area contributed by atoms with Gasteiger partial charge in [-0.1, -0.05) is 0 Å². The lowest BCUT2D eigenvalue weighted by Crippen LogP contribution is -2.42. The second-order valence-electron chi connectivity index (χ2n) is 3.59. The Hall–Kier alpha value is -0.520. The molecule has 5 heteroatoms. The van der Waals surface area contributed by atoms with Gasteiger partial charge in [0.05, 0.1) is 6.61 Å². The normalized spacial score (nSPS) is 15.2.